The lowest BCUT2D eigenvalue weighted by atomic mass is 10.1. The van der Waals surface area contributed by atoms with Gasteiger partial charge in [-0.25, -0.2) is 0 Å². The molecule has 82 valence electrons. The minimum absolute atomic E-state index is 0.152. The fourth-order valence-corrected chi connectivity index (χ4v) is 1.39. The van der Waals surface area contributed by atoms with Crippen molar-refractivity contribution >= 4 is 11.6 Å². The molecule has 0 heterocycles. The van der Waals surface area contributed by atoms with Crippen molar-refractivity contribution in [2.45, 2.75) is 33.2 Å². The smallest absolute Gasteiger partial charge is 0.240 e. The van der Waals surface area contributed by atoms with Crippen molar-refractivity contribution in [2.75, 3.05) is 5.32 Å². The molecule has 1 amide bonds. The van der Waals surface area contributed by atoms with E-state index in [2.05, 4.69) is 19.2 Å². The molecule has 3 heteroatoms. The molecular formula is C12H18N2O. The maximum absolute atomic E-state index is 11.4. The van der Waals surface area contributed by atoms with Crippen LogP contribution in [0.15, 0.2) is 18.2 Å². The van der Waals surface area contributed by atoms with Gasteiger partial charge in [-0.1, -0.05) is 13.0 Å². The maximum atomic E-state index is 11.4. The number of anilines is 1. The highest BCUT2D eigenvalue weighted by molar-refractivity contribution is 5.94. The summed E-state index contributed by atoms with van der Waals surface area (Å²) in [4.78, 5) is 11.4. The van der Waals surface area contributed by atoms with Crippen LogP contribution in [0.5, 0.6) is 0 Å². The zero-order valence-electron chi connectivity index (χ0n) is 9.50. The van der Waals surface area contributed by atoms with Crippen molar-refractivity contribution in [3.05, 3.63) is 29.3 Å². The van der Waals surface area contributed by atoms with Gasteiger partial charge in [-0.05, 0) is 43.5 Å². The van der Waals surface area contributed by atoms with Crippen LogP contribution >= 0.6 is 0 Å². The number of rotatable bonds is 3. The van der Waals surface area contributed by atoms with Crippen LogP contribution in [-0.2, 0) is 11.2 Å². The van der Waals surface area contributed by atoms with E-state index < -0.39 is 6.04 Å². The van der Waals surface area contributed by atoms with E-state index in [1.807, 2.05) is 18.2 Å². The quantitative estimate of drug-likeness (QED) is 0.793. The first-order valence-electron chi connectivity index (χ1n) is 5.20. The van der Waals surface area contributed by atoms with Crippen LogP contribution in [0, 0.1) is 6.92 Å². The number of hydrogen-bond acceptors (Lipinski definition) is 2. The molecule has 1 rings (SSSR count). The molecule has 3 nitrogen and oxygen atoms in total. The minimum atomic E-state index is -0.476. The van der Waals surface area contributed by atoms with E-state index in [1.54, 1.807) is 6.92 Å². The number of nitrogens with one attached hydrogen (secondary N) is 1. The zero-order chi connectivity index (χ0) is 11.4. The third-order valence-corrected chi connectivity index (χ3v) is 2.41. The normalized spacial score (nSPS) is 12.3. The molecule has 0 saturated carbocycles. The molecule has 1 atom stereocenters. The summed E-state index contributed by atoms with van der Waals surface area (Å²) in [6, 6.07) is 5.43. The predicted molar refractivity (Wildman–Crippen MR) is 62.8 cm³/mol. The number of amides is 1. The highest BCUT2D eigenvalue weighted by atomic mass is 16.2. The molecule has 1 aromatic carbocycles. The Bertz CT molecular complexity index is 359. The van der Waals surface area contributed by atoms with E-state index in [0.717, 1.165) is 12.1 Å². The van der Waals surface area contributed by atoms with Crippen molar-refractivity contribution in [1.82, 2.24) is 0 Å². The lowest BCUT2D eigenvalue weighted by Crippen LogP contribution is -2.32. The van der Waals surface area contributed by atoms with Gasteiger partial charge in [-0.15, -0.1) is 0 Å². The Morgan fingerprint density at radius 3 is 2.73 bits per heavy atom. The third-order valence-electron chi connectivity index (χ3n) is 2.41. The highest BCUT2D eigenvalue weighted by Crippen LogP contribution is 2.15. The maximum Gasteiger partial charge on any atom is 0.240 e. The number of hydrogen-bond donors (Lipinski definition) is 2. The summed E-state index contributed by atoms with van der Waals surface area (Å²) in [7, 11) is 0. The van der Waals surface area contributed by atoms with Gasteiger partial charge >= 0.3 is 0 Å². The first-order valence-corrected chi connectivity index (χ1v) is 5.20. The van der Waals surface area contributed by atoms with Gasteiger partial charge in [0.15, 0.2) is 0 Å². The van der Waals surface area contributed by atoms with E-state index in [0.29, 0.717) is 0 Å². The van der Waals surface area contributed by atoms with Gasteiger partial charge in [0.1, 0.15) is 0 Å². The molecule has 1 aromatic rings. The summed E-state index contributed by atoms with van der Waals surface area (Å²) >= 11 is 0. The molecule has 0 spiro atoms. The van der Waals surface area contributed by atoms with Crippen molar-refractivity contribution < 1.29 is 4.79 Å². The van der Waals surface area contributed by atoms with Gasteiger partial charge in [0.2, 0.25) is 5.91 Å². The van der Waals surface area contributed by atoms with Crippen LogP contribution in [-0.4, -0.2) is 11.9 Å². The summed E-state index contributed by atoms with van der Waals surface area (Å²) < 4.78 is 0. The molecule has 0 aliphatic heterocycles. The molecule has 0 unspecified atom stereocenters. The fourth-order valence-electron chi connectivity index (χ4n) is 1.39. The number of carbonyl (C=O) groups excluding carboxylic acids is 1. The Balaban J connectivity index is 2.83. The molecule has 0 saturated heterocycles. The average Bonchev–Trinajstić information content (AvgIpc) is 2.20. The Labute approximate surface area is 90.7 Å². The van der Waals surface area contributed by atoms with Crippen LogP contribution in [0.4, 0.5) is 5.69 Å². The van der Waals surface area contributed by atoms with Crippen LogP contribution in [0.2, 0.25) is 0 Å². The summed E-state index contributed by atoms with van der Waals surface area (Å²) in [5.74, 6) is -0.152. The fraction of sp³-hybridized carbons (Fsp3) is 0.417. The first kappa shape index (κ1) is 11.7. The summed E-state index contributed by atoms with van der Waals surface area (Å²) in [6.07, 6.45) is 0.966. The van der Waals surface area contributed by atoms with E-state index in [9.17, 15) is 4.79 Å². The largest absolute Gasteiger partial charge is 0.325 e. The average molecular weight is 206 g/mol. The molecule has 0 aliphatic rings. The number of benzene rings is 1. The molecule has 0 radical (unpaired) electrons. The van der Waals surface area contributed by atoms with Gasteiger partial charge in [-0.2, -0.15) is 0 Å². The van der Waals surface area contributed by atoms with Gasteiger partial charge < -0.3 is 11.1 Å². The standard InChI is InChI=1S/C12H18N2O/c1-4-10-7-11(6-5-8(10)2)14-12(15)9(3)13/h5-7,9H,4,13H2,1-3H3,(H,14,15)/t9-/m1/s1. The third kappa shape index (κ3) is 3.06. The molecule has 0 aromatic heterocycles. The van der Waals surface area contributed by atoms with Gasteiger partial charge in [0.05, 0.1) is 6.04 Å². The van der Waals surface area contributed by atoms with Crippen LogP contribution in [0.25, 0.3) is 0 Å². The van der Waals surface area contributed by atoms with Crippen molar-refractivity contribution in [1.29, 1.82) is 0 Å². The number of nitrogens with two attached hydrogens (primary N) is 1. The molecule has 15 heavy (non-hydrogen) atoms. The van der Waals surface area contributed by atoms with Crippen LogP contribution in [0.1, 0.15) is 25.0 Å². The molecular weight excluding hydrogens is 188 g/mol. The lowest BCUT2D eigenvalue weighted by molar-refractivity contribution is -0.117. The lowest BCUT2D eigenvalue weighted by Gasteiger charge is -2.10. The molecule has 3 N–H and O–H groups in total. The van der Waals surface area contributed by atoms with Crippen molar-refractivity contribution in [3.63, 3.8) is 0 Å². The van der Waals surface area contributed by atoms with Gasteiger partial charge in [0.25, 0.3) is 0 Å². The monoisotopic (exact) mass is 206 g/mol. The Morgan fingerprint density at radius 2 is 2.20 bits per heavy atom. The number of aryl methyl sites for hydroxylation is 2. The van der Waals surface area contributed by atoms with Crippen LogP contribution < -0.4 is 11.1 Å². The molecule has 0 fully saturated rings. The Hall–Kier alpha value is -1.35. The van der Waals surface area contributed by atoms with E-state index in [4.69, 9.17) is 5.73 Å². The zero-order valence-corrected chi connectivity index (χ0v) is 9.50. The first-order chi connectivity index (χ1) is 7.04. The minimum Gasteiger partial charge on any atom is -0.325 e. The van der Waals surface area contributed by atoms with Gasteiger partial charge in [0, 0.05) is 5.69 Å². The highest BCUT2D eigenvalue weighted by Gasteiger charge is 2.07. The van der Waals surface area contributed by atoms with Crippen LogP contribution in [0.3, 0.4) is 0 Å². The second-order valence-electron chi connectivity index (χ2n) is 3.77. The predicted octanol–water partition coefficient (Wildman–Crippen LogP) is 1.84. The van der Waals surface area contributed by atoms with E-state index in [1.165, 1.54) is 11.1 Å². The van der Waals surface area contributed by atoms with E-state index >= 15 is 0 Å². The summed E-state index contributed by atoms with van der Waals surface area (Å²) in [5, 5.41) is 2.78. The molecule has 0 aliphatic carbocycles. The second kappa shape index (κ2) is 4.94. The Morgan fingerprint density at radius 1 is 1.53 bits per heavy atom. The molecule has 0 bridgehead atoms. The van der Waals surface area contributed by atoms with Crippen molar-refractivity contribution in [3.8, 4) is 0 Å². The summed E-state index contributed by atoms with van der Waals surface area (Å²) in [5.41, 5.74) is 8.79. The number of carbonyl (C=O) groups is 1. The van der Waals surface area contributed by atoms with Crippen molar-refractivity contribution in [2.24, 2.45) is 5.73 Å². The SMILES string of the molecule is CCc1cc(NC(=O)[C@@H](C)N)ccc1C. The Kier molecular flexibility index (Phi) is 3.86. The second-order valence-corrected chi connectivity index (χ2v) is 3.77. The topological polar surface area (TPSA) is 55.1 Å². The summed E-state index contributed by atoms with van der Waals surface area (Å²) in [6.45, 7) is 5.83. The van der Waals surface area contributed by atoms with Gasteiger partial charge in [-0.3, -0.25) is 4.79 Å². The van der Waals surface area contributed by atoms with E-state index in [-0.39, 0.29) is 5.91 Å².